The van der Waals surface area contributed by atoms with Gasteiger partial charge < -0.3 is 4.42 Å². The molecule has 0 spiro atoms. The van der Waals surface area contributed by atoms with Gasteiger partial charge in [0.25, 0.3) is 11.5 Å². The lowest BCUT2D eigenvalue weighted by atomic mass is 10.0. The number of imidazole rings is 1. The summed E-state index contributed by atoms with van der Waals surface area (Å²) in [7, 11) is 0. The summed E-state index contributed by atoms with van der Waals surface area (Å²) in [5.41, 5.74) is 8.78. The topological polar surface area (TPSA) is 124 Å². The minimum atomic E-state index is -0.438. The highest BCUT2D eigenvalue weighted by atomic mass is 16.6. The van der Waals surface area contributed by atoms with Gasteiger partial charge in [0, 0.05) is 23.3 Å². The van der Waals surface area contributed by atoms with Gasteiger partial charge in [0.1, 0.15) is 40.4 Å². The number of para-hydroxylation sites is 2. The van der Waals surface area contributed by atoms with Crippen molar-refractivity contribution in [3.63, 3.8) is 0 Å². The Bertz CT molecular complexity index is 1670. The number of hydrogen-bond acceptors (Lipinski definition) is 6. The number of nitrogens with zero attached hydrogens (tertiary/aromatic N) is 4. The van der Waals surface area contributed by atoms with Crippen LogP contribution in [0.25, 0.3) is 28.0 Å². The minimum absolute atomic E-state index is 0.00108. The van der Waals surface area contributed by atoms with E-state index in [1.165, 1.54) is 12.1 Å². The Balaban J connectivity index is 1.52. The Kier molecular flexibility index (Phi) is 5.47. The first-order valence-electron chi connectivity index (χ1n) is 11.0. The predicted octanol–water partition coefficient (Wildman–Crippen LogP) is 5.26. The van der Waals surface area contributed by atoms with Gasteiger partial charge in [-0.3, -0.25) is 15.1 Å². The number of furan rings is 1. The number of anilines is 1. The molecule has 3 aromatic heterocycles. The van der Waals surface area contributed by atoms with E-state index in [9.17, 15) is 15.4 Å². The summed E-state index contributed by atoms with van der Waals surface area (Å²) >= 11 is 0. The molecule has 0 radical (unpaired) electrons. The Labute approximate surface area is 200 Å². The molecule has 0 bridgehead atoms. The molecule has 0 atom stereocenters. The monoisotopic (exact) mass is 465 g/mol. The largest absolute Gasteiger partial charge is 0.455 e. The zero-order valence-corrected chi connectivity index (χ0v) is 19.1. The number of nitrogens with one attached hydrogen (secondary N) is 2. The average Bonchev–Trinajstić information content (AvgIpc) is 3.49. The quantitative estimate of drug-likeness (QED) is 0.153. The van der Waals surface area contributed by atoms with Crippen molar-refractivity contribution in [3.8, 4) is 17.4 Å². The van der Waals surface area contributed by atoms with E-state index >= 15 is 0 Å². The molecular formula is C26H21N6O3+. The summed E-state index contributed by atoms with van der Waals surface area (Å²) in [6.45, 7) is 3.98. The van der Waals surface area contributed by atoms with Crippen molar-refractivity contribution in [1.82, 2.24) is 4.98 Å². The van der Waals surface area contributed by atoms with E-state index in [1.807, 2.05) is 42.5 Å². The first kappa shape index (κ1) is 21.9. The van der Waals surface area contributed by atoms with Gasteiger partial charge in [0.15, 0.2) is 0 Å². The number of aromatic nitrogens is 2. The SMILES string of the molecule is CCc1c(C)c(C#N)c2[nH]c3ccccc3[n+]2c1NN=Cc1ccc(-c2cccc([N+](=O)[O-])c2)o1. The van der Waals surface area contributed by atoms with Crippen molar-refractivity contribution < 1.29 is 13.7 Å². The van der Waals surface area contributed by atoms with Crippen molar-refractivity contribution in [2.45, 2.75) is 20.3 Å². The fourth-order valence-corrected chi connectivity index (χ4v) is 4.32. The van der Waals surface area contributed by atoms with Crippen LogP contribution in [0.3, 0.4) is 0 Å². The molecule has 2 aromatic carbocycles. The van der Waals surface area contributed by atoms with Crippen molar-refractivity contribution in [2.75, 3.05) is 5.43 Å². The second kappa shape index (κ2) is 8.76. The van der Waals surface area contributed by atoms with Crippen molar-refractivity contribution in [1.29, 1.82) is 5.26 Å². The van der Waals surface area contributed by atoms with Gasteiger partial charge in [-0.2, -0.15) is 15.1 Å². The van der Waals surface area contributed by atoms with Crippen LogP contribution in [-0.4, -0.2) is 16.1 Å². The molecule has 9 nitrogen and oxygen atoms in total. The molecule has 2 N–H and O–H groups in total. The minimum Gasteiger partial charge on any atom is -0.455 e. The molecule has 9 heteroatoms. The van der Waals surface area contributed by atoms with E-state index in [2.05, 4.69) is 21.6 Å². The lowest BCUT2D eigenvalue weighted by Gasteiger charge is -2.10. The molecule has 0 saturated heterocycles. The number of non-ortho nitro benzene ring substituents is 1. The van der Waals surface area contributed by atoms with E-state index in [0.717, 1.165) is 28.0 Å². The van der Waals surface area contributed by atoms with Crippen LogP contribution >= 0.6 is 0 Å². The summed E-state index contributed by atoms with van der Waals surface area (Å²) in [6.07, 6.45) is 2.26. The average molecular weight is 465 g/mol. The molecule has 0 saturated carbocycles. The first-order valence-corrected chi connectivity index (χ1v) is 11.0. The van der Waals surface area contributed by atoms with Crippen LogP contribution in [0.1, 0.15) is 29.4 Å². The number of H-pyrrole nitrogens is 1. The maximum Gasteiger partial charge on any atom is 0.270 e. The number of nitriles is 1. The molecule has 172 valence electrons. The third kappa shape index (κ3) is 3.77. The number of fused-ring (bicyclic) bond motifs is 3. The third-order valence-electron chi connectivity index (χ3n) is 5.99. The Hall–Kier alpha value is -4.97. The van der Waals surface area contributed by atoms with Crippen LogP contribution < -0.4 is 9.83 Å². The molecule has 0 aliphatic rings. The van der Waals surface area contributed by atoms with Gasteiger partial charge in [0.2, 0.25) is 5.65 Å². The number of rotatable bonds is 6. The van der Waals surface area contributed by atoms with E-state index in [0.29, 0.717) is 34.7 Å². The van der Waals surface area contributed by atoms with Gasteiger partial charge in [0.05, 0.1) is 4.92 Å². The first-order chi connectivity index (χ1) is 17.0. The number of aromatic amines is 1. The molecule has 0 unspecified atom stereocenters. The second-order valence-electron chi connectivity index (χ2n) is 8.00. The molecule has 5 rings (SSSR count). The fraction of sp³-hybridized carbons (Fsp3) is 0.115. The van der Waals surface area contributed by atoms with E-state index in [1.54, 1.807) is 30.5 Å². The van der Waals surface area contributed by atoms with Crippen LogP contribution in [-0.2, 0) is 6.42 Å². The molecule has 0 aliphatic carbocycles. The lowest BCUT2D eigenvalue weighted by molar-refractivity contribution is -0.465. The molecule has 35 heavy (non-hydrogen) atoms. The van der Waals surface area contributed by atoms with Gasteiger partial charge in [-0.15, -0.1) is 5.10 Å². The Morgan fingerprint density at radius 3 is 2.83 bits per heavy atom. The number of hydrogen-bond donors (Lipinski definition) is 2. The highest BCUT2D eigenvalue weighted by Gasteiger charge is 2.24. The number of nitro groups is 1. The fourth-order valence-electron chi connectivity index (χ4n) is 4.32. The molecule has 0 amide bonds. The molecule has 0 aliphatic heterocycles. The number of benzene rings is 2. The van der Waals surface area contributed by atoms with Crippen LogP contribution in [0, 0.1) is 28.4 Å². The van der Waals surface area contributed by atoms with Gasteiger partial charge >= 0.3 is 0 Å². The maximum absolute atomic E-state index is 11.1. The van der Waals surface area contributed by atoms with Crippen LogP contribution in [0.15, 0.2) is 70.2 Å². The van der Waals surface area contributed by atoms with Gasteiger partial charge in [-0.25, -0.2) is 0 Å². The smallest absolute Gasteiger partial charge is 0.270 e. The van der Waals surface area contributed by atoms with Crippen LogP contribution in [0.4, 0.5) is 11.5 Å². The van der Waals surface area contributed by atoms with Crippen LogP contribution in [0.2, 0.25) is 0 Å². The van der Waals surface area contributed by atoms with Gasteiger partial charge in [-0.05, 0) is 43.2 Å². The molecule has 3 heterocycles. The summed E-state index contributed by atoms with van der Waals surface area (Å²) in [6, 6.07) is 20.0. The van der Waals surface area contributed by atoms with Crippen molar-refractivity contribution in [2.24, 2.45) is 5.10 Å². The highest BCUT2D eigenvalue weighted by molar-refractivity contribution is 5.80. The lowest BCUT2D eigenvalue weighted by Crippen LogP contribution is -2.28. The Morgan fingerprint density at radius 1 is 1.23 bits per heavy atom. The molecular weight excluding hydrogens is 444 g/mol. The molecule has 0 fully saturated rings. The van der Waals surface area contributed by atoms with Crippen molar-refractivity contribution in [3.05, 3.63) is 93.2 Å². The van der Waals surface area contributed by atoms with E-state index < -0.39 is 4.92 Å². The molecule has 5 aromatic rings. The second-order valence-corrected chi connectivity index (χ2v) is 8.00. The van der Waals surface area contributed by atoms with Crippen LogP contribution in [0.5, 0.6) is 0 Å². The predicted molar refractivity (Wildman–Crippen MR) is 132 cm³/mol. The Morgan fingerprint density at radius 2 is 2.06 bits per heavy atom. The van der Waals surface area contributed by atoms with Crippen molar-refractivity contribution >= 4 is 34.4 Å². The van der Waals surface area contributed by atoms with E-state index in [-0.39, 0.29) is 5.69 Å². The normalized spacial score (nSPS) is 11.3. The summed E-state index contributed by atoms with van der Waals surface area (Å²) in [5.74, 6) is 1.76. The summed E-state index contributed by atoms with van der Waals surface area (Å²) < 4.78 is 7.81. The summed E-state index contributed by atoms with van der Waals surface area (Å²) in [5, 5.41) is 25.3. The zero-order chi connectivity index (χ0) is 24.5. The number of pyridine rings is 1. The zero-order valence-electron chi connectivity index (χ0n) is 19.1. The van der Waals surface area contributed by atoms with Gasteiger partial charge in [-0.1, -0.05) is 31.2 Å². The maximum atomic E-state index is 11.1. The number of hydrazone groups is 1. The third-order valence-corrected chi connectivity index (χ3v) is 5.99. The highest BCUT2D eigenvalue weighted by Crippen LogP contribution is 2.27. The number of nitro benzene ring substituents is 1. The van der Waals surface area contributed by atoms with E-state index in [4.69, 9.17) is 4.42 Å². The standard InChI is InChI=1S/C26H20N6O3/c1-3-20-16(2)21(14-27)25-29-22-9-4-5-10-23(22)31(25)26(20)30-28-15-19-11-12-24(35-19)17-7-6-8-18(13-17)32(33)34/h4-13,15H,3H2,1-2H3,(H,29,30)/p+1. The summed E-state index contributed by atoms with van der Waals surface area (Å²) in [4.78, 5) is 14.0.